The standard InChI is InChI=1S/C10H18N4O2S/c1-6(10(2,3)4)13-7(15)12-8(17-5)14(11)9(13)16/h6H,11H2,1-5H3/t6-/m0/s1. The number of nitrogens with two attached hydrogens (primary N) is 1. The summed E-state index contributed by atoms with van der Waals surface area (Å²) in [6.45, 7) is 7.66. The molecule has 0 aliphatic heterocycles. The summed E-state index contributed by atoms with van der Waals surface area (Å²) in [5, 5.41) is 0.220. The summed E-state index contributed by atoms with van der Waals surface area (Å²) in [5.74, 6) is 5.60. The minimum atomic E-state index is -0.552. The van der Waals surface area contributed by atoms with Gasteiger partial charge in [-0.1, -0.05) is 32.5 Å². The minimum absolute atomic E-state index is 0.220. The topological polar surface area (TPSA) is 82.9 Å². The maximum Gasteiger partial charge on any atom is 0.354 e. The van der Waals surface area contributed by atoms with Gasteiger partial charge in [-0.05, 0) is 18.6 Å². The van der Waals surface area contributed by atoms with Crippen LogP contribution in [-0.2, 0) is 0 Å². The number of rotatable bonds is 2. The van der Waals surface area contributed by atoms with E-state index in [4.69, 9.17) is 5.84 Å². The third-order valence-electron chi connectivity index (χ3n) is 2.84. The molecule has 7 heteroatoms. The highest BCUT2D eigenvalue weighted by Crippen LogP contribution is 2.27. The van der Waals surface area contributed by atoms with E-state index < -0.39 is 11.4 Å². The van der Waals surface area contributed by atoms with Gasteiger partial charge < -0.3 is 5.84 Å². The maximum absolute atomic E-state index is 12.0. The van der Waals surface area contributed by atoms with E-state index in [9.17, 15) is 9.59 Å². The Hall–Kier alpha value is -1.24. The summed E-state index contributed by atoms with van der Waals surface area (Å²) < 4.78 is 2.01. The monoisotopic (exact) mass is 258 g/mol. The fourth-order valence-electron chi connectivity index (χ4n) is 1.33. The molecule has 0 aliphatic carbocycles. The first-order chi connectivity index (χ1) is 7.70. The second-order valence-electron chi connectivity index (χ2n) is 4.95. The van der Waals surface area contributed by atoms with E-state index in [1.165, 1.54) is 11.8 Å². The summed E-state index contributed by atoms with van der Waals surface area (Å²) in [7, 11) is 0. The van der Waals surface area contributed by atoms with Gasteiger partial charge in [0.2, 0.25) is 0 Å². The number of thioether (sulfide) groups is 1. The molecule has 0 saturated heterocycles. The third kappa shape index (κ3) is 2.54. The van der Waals surface area contributed by atoms with Crippen LogP contribution in [0.4, 0.5) is 0 Å². The van der Waals surface area contributed by atoms with Crippen molar-refractivity contribution in [2.45, 2.75) is 38.9 Å². The highest BCUT2D eigenvalue weighted by Gasteiger charge is 2.26. The van der Waals surface area contributed by atoms with Gasteiger partial charge in [0.15, 0.2) is 5.16 Å². The lowest BCUT2D eigenvalue weighted by Crippen LogP contribution is -2.48. The van der Waals surface area contributed by atoms with Crippen LogP contribution in [0.2, 0.25) is 0 Å². The molecule has 0 saturated carbocycles. The molecule has 96 valence electrons. The van der Waals surface area contributed by atoms with Crippen LogP contribution in [0.25, 0.3) is 0 Å². The second-order valence-corrected chi connectivity index (χ2v) is 5.72. The van der Waals surface area contributed by atoms with Crippen LogP contribution in [0, 0.1) is 5.41 Å². The van der Waals surface area contributed by atoms with Gasteiger partial charge in [0.05, 0.1) is 0 Å². The van der Waals surface area contributed by atoms with Gasteiger partial charge in [0.1, 0.15) is 0 Å². The van der Waals surface area contributed by atoms with E-state index in [0.717, 1.165) is 9.24 Å². The van der Waals surface area contributed by atoms with Crippen LogP contribution in [0.5, 0.6) is 0 Å². The van der Waals surface area contributed by atoms with Gasteiger partial charge in [-0.25, -0.2) is 14.2 Å². The van der Waals surface area contributed by atoms with Crippen molar-refractivity contribution in [2.24, 2.45) is 5.41 Å². The molecule has 0 spiro atoms. The number of aromatic nitrogens is 3. The van der Waals surface area contributed by atoms with Gasteiger partial charge in [0.25, 0.3) is 0 Å². The minimum Gasteiger partial charge on any atom is -0.333 e. The van der Waals surface area contributed by atoms with E-state index in [1.54, 1.807) is 6.26 Å². The van der Waals surface area contributed by atoms with E-state index in [2.05, 4.69) is 4.98 Å². The molecule has 0 fully saturated rings. The third-order valence-corrected chi connectivity index (χ3v) is 3.49. The van der Waals surface area contributed by atoms with Crippen molar-refractivity contribution in [1.82, 2.24) is 14.2 Å². The number of nitrogens with zero attached hydrogens (tertiary/aromatic N) is 3. The summed E-state index contributed by atoms with van der Waals surface area (Å²) in [5.41, 5.74) is -1.31. The van der Waals surface area contributed by atoms with Gasteiger partial charge in [-0.3, -0.25) is 0 Å². The van der Waals surface area contributed by atoms with E-state index in [1.807, 2.05) is 27.7 Å². The van der Waals surface area contributed by atoms with Crippen LogP contribution < -0.4 is 17.2 Å². The molecule has 1 atom stereocenters. The lowest BCUT2D eigenvalue weighted by molar-refractivity contribution is 0.242. The van der Waals surface area contributed by atoms with E-state index in [0.29, 0.717) is 0 Å². The Morgan fingerprint density at radius 3 is 2.29 bits per heavy atom. The molecule has 0 unspecified atom stereocenters. The Morgan fingerprint density at radius 2 is 1.88 bits per heavy atom. The Balaban J connectivity index is 3.53. The van der Waals surface area contributed by atoms with Gasteiger partial charge >= 0.3 is 11.4 Å². The van der Waals surface area contributed by atoms with Crippen LogP contribution in [0.15, 0.2) is 14.7 Å². The zero-order chi connectivity index (χ0) is 13.4. The Morgan fingerprint density at radius 1 is 1.35 bits per heavy atom. The van der Waals surface area contributed by atoms with Crippen LogP contribution in [0.1, 0.15) is 33.7 Å². The van der Waals surface area contributed by atoms with Crippen molar-refractivity contribution in [3.05, 3.63) is 21.0 Å². The second kappa shape index (κ2) is 4.56. The Bertz CT molecular complexity index is 527. The van der Waals surface area contributed by atoms with Crippen LogP contribution >= 0.6 is 11.8 Å². The molecule has 6 nitrogen and oxygen atoms in total. The average Bonchev–Trinajstić information content (AvgIpc) is 2.22. The number of nitrogen functional groups attached to an aromatic ring is 1. The molecule has 1 aromatic heterocycles. The smallest absolute Gasteiger partial charge is 0.333 e. The van der Waals surface area contributed by atoms with Crippen LogP contribution in [-0.4, -0.2) is 20.5 Å². The zero-order valence-electron chi connectivity index (χ0n) is 10.7. The first-order valence-electron chi connectivity index (χ1n) is 5.24. The van der Waals surface area contributed by atoms with Crippen molar-refractivity contribution in [3.8, 4) is 0 Å². The number of hydrogen-bond donors (Lipinski definition) is 1. The highest BCUT2D eigenvalue weighted by molar-refractivity contribution is 7.98. The van der Waals surface area contributed by atoms with Gasteiger partial charge in [-0.15, -0.1) is 0 Å². The quantitative estimate of drug-likeness (QED) is 0.615. The van der Waals surface area contributed by atoms with E-state index in [-0.39, 0.29) is 16.6 Å². The molecule has 0 amide bonds. The molecule has 0 radical (unpaired) electrons. The molecule has 1 heterocycles. The molecule has 17 heavy (non-hydrogen) atoms. The Kier molecular flexibility index (Phi) is 3.71. The fourth-order valence-corrected chi connectivity index (χ4v) is 1.78. The highest BCUT2D eigenvalue weighted by atomic mass is 32.2. The van der Waals surface area contributed by atoms with E-state index >= 15 is 0 Å². The molecule has 1 aromatic rings. The molecular weight excluding hydrogens is 240 g/mol. The van der Waals surface area contributed by atoms with Crippen molar-refractivity contribution >= 4 is 11.8 Å². The molecular formula is C10H18N4O2S. The molecule has 0 aliphatic rings. The fraction of sp³-hybridized carbons (Fsp3) is 0.700. The zero-order valence-corrected chi connectivity index (χ0v) is 11.5. The van der Waals surface area contributed by atoms with Crippen molar-refractivity contribution in [1.29, 1.82) is 0 Å². The normalized spacial score (nSPS) is 13.7. The first kappa shape index (κ1) is 13.8. The summed E-state index contributed by atoms with van der Waals surface area (Å²) >= 11 is 1.17. The molecule has 0 aromatic carbocycles. The Labute approximate surface area is 104 Å². The van der Waals surface area contributed by atoms with Crippen molar-refractivity contribution in [3.63, 3.8) is 0 Å². The largest absolute Gasteiger partial charge is 0.354 e. The summed E-state index contributed by atoms with van der Waals surface area (Å²) in [6, 6.07) is -0.277. The first-order valence-corrected chi connectivity index (χ1v) is 6.47. The molecule has 0 bridgehead atoms. The summed E-state index contributed by atoms with van der Waals surface area (Å²) in [4.78, 5) is 27.6. The lowest BCUT2D eigenvalue weighted by Gasteiger charge is -2.28. The lowest BCUT2D eigenvalue weighted by atomic mass is 9.88. The SMILES string of the molecule is CSc1nc(=O)n([C@@H](C)C(C)(C)C)c(=O)n1N. The molecule has 2 N–H and O–H groups in total. The molecule has 1 rings (SSSR count). The summed E-state index contributed by atoms with van der Waals surface area (Å²) in [6.07, 6.45) is 1.71. The van der Waals surface area contributed by atoms with Gasteiger partial charge in [-0.2, -0.15) is 9.66 Å². The van der Waals surface area contributed by atoms with Crippen molar-refractivity contribution in [2.75, 3.05) is 12.1 Å². The number of hydrogen-bond acceptors (Lipinski definition) is 5. The van der Waals surface area contributed by atoms with Gasteiger partial charge in [0, 0.05) is 6.04 Å². The maximum atomic E-state index is 12.0. The predicted octanol–water partition coefficient (Wildman–Crippen LogP) is 0.448. The van der Waals surface area contributed by atoms with Crippen LogP contribution in [0.3, 0.4) is 0 Å². The van der Waals surface area contributed by atoms with Crippen molar-refractivity contribution < 1.29 is 0 Å². The predicted molar refractivity (Wildman–Crippen MR) is 68.9 cm³/mol. The average molecular weight is 258 g/mol.